The second kappa shape index (κ2) is 11.8. The summed E-state index contributed by atoms with van der Waals surface area (Å²) >= 11 is 0. The van der Waals surface area contributed by atoms with E-state index in [1.807, 2.05) is 42.9 Å². The maximum Gasteiger partial charge on any atom is 0.276 e. The fourth-order valence-electron chi connectivity index (χ4n) is 5.46. The van der Waals surface area contributed by atoms with Gasteiger partial charge in [-0.05, 0) is 55.1 Å². The van der Waals surface area contributed by atoms with Crippen LogP contribution in [-0.2, 0) is 13.1 Å². The third-order valence-electron chi connectivity index (χ3n) is 7.96. The number of carbonyl (C=O) groups is 1. The summed E-state index contributed by atoms with van der Waals surface area (Å²) in [6.45, 7) is 10.2. The van der Waals surface area contributed by atoms with Gasteiger partial charge in [-0.2, -0.15) is 5.10 Å². The van der Waals surface area contributed by atoms with E-state index in [1.165, 1.54) is 5.56 Å². The fraction of sp³-hybridized carbons (Fsp3) is 0.400. The minimum Gasteiger partial charge on any atom is -0.319 e. The summed E-state index contributed by atoms with van der Waals surface area (Å²) in [6, 6.07) is 10.2. The van der Waals surface area contributed by atoms with Gasteiger partial charge in [-0.15, -0.1) is 0 Å². The number of aromatic nitrogens is 4. The third-order valence-corrected chi connectivity index (χ3v) is 7.96. The molecule has 2 N–H and O–H groups in total. The number of carbonyl (C=O) groups excluding carboxylic acids is 1. The van der Waals surface area contributed by atoms with E-state index in [-0.39, 0.29) is 5.91 Å². The Morgan fingerprint density at radius 1 is 0.775 bits per heavy atom. The normalized spacial score (nSPS) is 17.9. The zero-order valence-electron chi connectivity index (χ0n) is 23.3. The molecule has 2 fully saturated rings. The number of piperazine rings is 2. The van der Waals surface area contributed by atoms with Crippen LogP contribution in [0.4, 0.5) is 5.69 Å². The van der Waals surface area contributed by atoms with E-state index in [0.717, 1.165) is 93.0 Å². The van der Waals surface area contributed by atoms with Gasteiger partial charge in [0.05, 0.1) is 17.4 Å². The molecule has 5 heterocycles. The summed E-state index contributed by atoms with van der Waals surface area (Å²) in [5, 5.41) is 11.1. The van der Waals surface area contributed by atoms with Crippen molar-refractivity contribution >= 4 is 22.5 Å². The van der Waals surface area contributed by atoms with Crippen LogP contribution < -0.4 is 5.32 Å². The SMILES string of the molecule is CN1CCN(Cc2cncc(NC(=O)c3n[nH]c4ccc(-c5cncc(CN6CCN(C)CC6)c5)cc34)c2)CC1. The molecule has 0 saturated carbocycles. The van der Waals surface area contributed by atoms with Gasteiger partial charge in [0.25, 0.3) is 5.91 Å². The zero-order chi connectivity index (χ0) is 27.5. The van der Waals surface area contributed by atoms with E-state index < -0.39 is 0 Å². The molecule has 0 unspecified atom stereocenters. The van der Waals surface area contributed by atoms with Crippen LogP contribution in [0.1, 0.15) is 21.6 Å². The Hall–Kier alpha value is -3.70. The first-order valence-electron chi connectivity index (χ1n) is 14.0. The van der Waals surface area contributed by atoms with Crippen molar-refractivity contribution < 1.29 is 4.79 Å². The molecule has 2 aliphatic heterocycles. The van der Waals surface area contributed by atoms with Crippen LogP contribution in [0.25, 0.3) is 22.0 Å². The molecule has 0 atom stereocenters. The molecule has 0 bridgehead atoms. The van der Waals surface area contributed by atoms with Gasteiger partial charge in [-0.25, -0.2) is 0 Å². The average molecular weight is 540 g/mol. The van der Waals surface area contributed by atoms with E-state index >= 15 is 0 Å². The third kappa shape index (κ3) is 6.20. The van der Waals surface area contributed by atoms with Crippen molar-refractivity contribution in [3.8, 4) is 11.1 Å². The highest BCUT2D eigenvalue weighted by Crippen LogP contribution is 2.26. The molecule has 0 radical (unpaired) electrons. The van der Waals surface area contributed by atoms with Crippen molar-refractivity contribution in [3.63, 3.8) is 0 Å². The minimum atomic E-state index is -0.260. The Morgan fingerprint density at radius 3 is 2.08 bits per heavy atom. The molecule has 0 aliphatic carbocycles. The van der Waals surface area contributed by atoms with Gasteiger partial charge < -0.3 is 15.1 Å². The van der Waals surface area contributed by atoms with Crippen LogP contribution in [0.5, 0.6) is 0 Å². The second-order valence-corrected chi connectivity index (χ2v) is 11.1. The summed E-state index contributed by atoms with van der Waals surface area (Å²) in [7, 11) is 4.32. The van der Waals surface area contributed by atoms with E-state index in [0.29, 0.717) is 11.4 Å². The van der Waals surface area contributed by atoms with Crippen LogP contribution >= 0.6 is 0 Å². The maximum atomic E-state index is 13.3. The topological polar surface area (TPSA) is 96.5 Å². The quantitative estimate of drug-likeness (QED) is 0.370. The highest BCUT2D eigenvalue weighted by molar-refractivity contribution is 6.11. The Bertz CT molecular complexity index is 1470. The number of pyridine rings is 2. The van der Waals surface area contributed by atoms with Crippen molar-refractivity contribution in [1.82, 2.24) is 39.8 Å². The number of anilines is 1. The van der Waals surface area contributed by atoms with Gasteiger partial charge in [0, 0.05) is 95.0 Å². The maximum absolute atomic E-state index is 13.3. The molecule has 40 heavy (non-hydrogen) atoms. The fourth-order valence-corrected chi connectivity index (χ4v) is 5.46. The van der Waals surface area contributed by atoms with E-state index in [9.17, 15) is 4.79 Å². The number of benzene rings is 1. The number of fused-ring (bicyclic) bond motifs is 1. The second-order valence-electron chi connectivity index (χ2n) is 11.1. The number of hydrogen-bond donors (Lipinski definition) is 2. The molecule has 208 valence electrons. The predicted molar refractivity (Wildman–Crippen MR) is 157 cm³/mol. The lowest BCUT2D eigenvalue weighted by molar-refractivity contribution is 0.102. The number of aromatic amines is 1. The summed E-state index contributed by atoms with van der Waals surface area (Å²) in [5.74, 6) is -0.260. The van der Waals surface area contributed by atoms with Crippen LogP contribution in [0.2, 0.25) is 0 Å². The summed E-state index contributed by atoms with van der Waals surface area (Å²) in [4.78, 5) is 31.8. The van der Waals surface area contributed by atoms with Gasteiger partial charge in [0.1, 0.15) is 0 Å². The number of H-pyrrole nitrogens is 1. The monoisotopic (exact) mass is 539 g/mol. The first-order valence-corrected chi connectivity index (χ1v) is 14.0. The Morgan fingerprint density at radius 2 is 1.40 bits per heavy atom. The number of hydrogen-bond acceptors (Lipinski definition) is 8. The first-order chi connectivity index (χ1) is 19.5. The summed E-state index contributed by atoms with van der Waals surface area (Å²) < 4.78 is 0. The zero-order valence-corrected chi connectivity index (χ0v) is 23.3. The number of rotatable bonds is 7. The Balaban J connectivity index is 1.16. The van der Waals surface area contributed by atoms with Gasteiger partial charge in [-0.3, -0.25) is 29.7 Å². The van der Waals surface area contributed by atoms with Gasteiger partial charge >= 0.3 is 0 Å². The molecule has 1 amide bonds. The van der Waals surface area contributed by atoms with E-state index in [2.05, 4.69) is 65.2 Å². The largest absolute Gasteiger partial charge is 0.319 e. The van der Waals surface area contributed by atoms with Gasteiger partial charge in [-0.1, -0.05) is 6.07 Å². The van der Waals surface area contributed by atoms with Crippen molar-refractivity contribution in [1.29, 1.82) is 0 Å². The summed E-state index contributed by atoms with van der Waals surface area (Å²) in [6.07, 6.45) is 7.38. The summed E-state index contributed by atoms with van der Waals surface area (Å²) in [5.41, 5.74) is 6.16. The Labute approximate surface area is 235 Å². The van der Waals surface area contributed by atoms with Crippen LogP contribution in [0.3, 0.4) is 0 Å². The highest BCUT2D eigenvalue weighted by atomic mass is 16.1. The molecule has 6 rings (SSSR count). The first kappa shape index (κ1) is 26.5. The lowest BCUT2D eigenvalue weighted by Crippen LogP contribution is -2.43. The molecular weight excluding hydrogens is 502 g/mol. The standard InChI is InChI=1S/C30H37N9O/c1-36-5-9-38(10-6-36)20-22-13-25(18-31-16-22)24-3-4-28-27(15-24)29(35-34-28)30(40)33-26-14-23(17-32-19-26)21-39-11-7-37(2)8-12-39/h3-4,13-19H,5-12,20-21H2,1-2H3,(H,33,40)(H,34,35). The average Bonchev–Trinajstić information content (AvgIpc) is 3.40. The van der Waals surface area contributed by atoms with Crippen LogP contribution in [0.15, 0.2) is 55.1 Å². The predicted octanol–water partition coefficient (Wildman–Crippen LogP) is 2.77. The molecule has 2 aliphatic rings. The van der Waals surface area contributed by atoms with Crippen LogP contribution in [0, 0.1) is 0 Å². The van der Waals surface area contributed by atoms with Crippen molar-refractivity contribution in [2.45, 2.75) is 13.1 Å². The van der Waals surface area contributed by atoms with Gasteiger partial charge in [0.15, 0.2) is 5.69 Å². The number of nitrogens with zero attached hydrogens (tertiary/aromatic N) is 7. The molecule has 4 aromatic rings. The molecule has 2 saturated heterocycles. The lowest BCUT2D eigenvalue weighted by Gasteiger charge is -2.32. The van der Waals surface area contributed by atoms with Crippen LogP contribution in [-0.4, -0.2) is 112 Å². The molecule has 1 aromatic carbocycles. The Kier molecular flexibility index (Phi) is 7.83. The van der Waals surface area contributed by atoms with Crippen molar-refractivity contribution in [3.05, 3.63) is 71.9 Å². The van der Waals surface area contributed by atoms with Crippen molar-refractivity contribution in [2.24, 2.45) is 0 Å². The molecule has 3 aromatic heterocycles. The smallest absolute Gasteiger partial charge is 0.276 e. The molecular formula is C30H37N9O. The number of nitrogens with one attached hydrogen (secondary N) is 2. The molecule has 0 spiro atoms. The number of likely N-dealkylation sites (N-methyl/N-ethyl adjacent to an activating group) is 2. The number of amides is 1. The highest BCUT2D eigenvalue weighted by Gasteiger charge is 2.18. The van der Waals surface area contributed by atoms with E-state index in [4.69, 9.17) is 0 Å². The van der Waals surface area contributed by atoms with Crippen molar-refractivity contribution in [2.75, 3.05) is 71.8 Å². The molecule has 10 nitrogen and oxygen atoms in total. The van der Waals surface area contributed by atoms with Gasteiger partial charge in [0.2, 0.25) is 0 Å². The minimum absolute atomic E-state index is 0.260. The molecule has 10 heteroatoms. The lowest BCUT2D eigenvalue weighted by atomic mass is 10.0. The van der Waals surface area contributed by atoms with E-state index in [1.54, 1.807) is 6.20 Å².